The Morgan fingerprint density at radius 2 is 1.86 bits per heavy atom. The van der Waals surface area contributed by atoms with Crippen molar-refractivity contribution >= 4 is 21.4 Å². The molecule has 2 aromatic rings. The number of nitrogens with one attached hydrogen (secondary N) is 1. The van der Waals surface area contributed by atoms with E-state index in [2.05, 4.69) is 16.9 Å². The largest absolute Gasteiger partial charge is 0.241 e. The van der Waals surface area contributed by atoms with Gasteiger partial charge in [0.25, 0.3) is 0 Å². The molecule has 0 bridgehead atoms. The number of hydrogen-bond acceptors (Lipinski definition) is 3. The van der Waals surface area contributed by atoms with Crippen molar-refractivity contribution in [3.63, 3.8) is 0 Å². The maximum Gasteiger partial charge on any atom is 0.241 e. The number of aryl methyl sites for hydroxylation is 2. The van der Waals surface area contributed by atoms with Gasteiger partial charge in [-0.05, 0) is 38.3 Å². The van der Waals surface area contributed by atoms with Gasteiger partial charge in [0.15, 0.2) is 0 Å². The fraction of sp³-hybridized carbons (Fsp3) is 0.375. The molecule has 0 saturated heterocycles. The van der Waals surface area contributed by atoms with E-state index in [4.69, 9.17) is 0 Å². The predicted octanol–water partition coefficient (Wildman–Crippen LogP) is 3.38. The van der Waals surface area contributed by atoms with E-state index < -0.39 is 10.0 Å². The van der Waals surface area contributed by atoms with E-state index in [0.29, 0.717) is 11.4 Å². The van der Waals surface area contributed by atoms with Gasteiger partial charge in [-0.2, -0.15) is 0 Å². The molecule has 112 valence electrons. The van der Waals surface area contributed by atoms with Crippen LogP contribution in [0.2, 0.25) is 0 Å². The Morgan fingerprint density at radius 3 is 2.38 bits per heavy atom. The summed E-state index contributed by atoms with van der Waals surface area (Å²) in [6, 6.07) is 11.9. The molecule has 1 aromatic carbocycles. The summed E-state index contributed by atoms with van der Waals surface area (Å²) in [5.74, 6) is 0. The molecule has 0 amide bonds. The summed E-state index contributed by atoms with van der Waals surface area (Å²) in [4.78, 5) is 2.30. The van der Waals surface area contributed by atoms with E-state index in [0.717, 1.165) is 22.6 Å². The third-order valence-electron chi connectivity index (χ3n) is 4.13. The summed E-state index contributed by atoms with van der Waals surface area (Å²) in [7, 11) is -3.41. The van der Waals surface area contributed by atoms with E-state index in [-0.39, 0.29) is 5.41 Å². The van der Waals surface area contributed by atoms with Crippen LogP contribution in [0.4, 0.5) is 0 Å². The number of thiophene rings is 1. The summed E-state index contributed by atoms with van der Waals surface area (Å²) in [5.41, 5.74) is 1.22. The smallest absolute Gasteiger partial charge is 0.210 e. The average molecular weight is 321 g/mol. The van der Waals surface area contributed by atoms with Gasteiger partial charge < -0.3 is 0 Å². The van der Waals surface area contributed by atoms with Gasteiger partial charge in [0.1, 0.15) is 0 Å². The highest BCUT2D eigenvalue weighted by Crippen LogP contribution is 2.47. The van der Waals surface area contributed by atoms with Crippen LogP contribution in [0.15, 0.2) is 41.3 Å². The molecule has 3 rings (SSSR count). The molecular formula is C16H19NO2S2. The summed E-state index contributed by atoms with van der Waals surface area (Å²) in [6.07, 6.45) is 2.09. The lowest BCUT2D eigenvalue weighted by atomic mass is 9.96. The molecule has 1 fully saturated rings. The monoisotopic (exact) mass is 321 g/mol. The fourth-order valence-electron chi connectivity index (χ4n) is 2.70. The average Bonchev–Trinajstić information content (AvgIpc) is 3.17. The van der Waals surface area contributed by atoms with Crippen LogP contribution in [0, 0.1) is 13.8 Å². The first kappa shape index (κ1) is 14.8. The predicted molar refractivity (Wildman–Crippen MR) is 86.3 cm³/mol. The van der Waals surface area contributed by atoms with Gasteiger partial charge in [-0.1, -0.05) is 30.3 Å². The molecule has 3 nitrogen and oxygen atoms in total. The van der Waals surface area contributed by atoms with Crippen LogP contribution in [0.3, 0.4) is 0 Å². The van der Waals surface area contributed by atoms with Gasteiger partial charge >= 0.3 is 0 Å². The molecule has 0 unspecified atom stereocenters. The summed E-state index contributed by atoms with van der Waals surface area (Å²) in [5, 5.41) is 0. The highest BCUT2D eigenvalue weighted by molar-refractivity contribution is 7.89. The van der Waals surface area contributed by atoms with E-state index >= 15 is 0 Å². The van der Waals surface area contributed by atoms with Crippen LogP contribution in [0.1, 0.15) is 28.2 Å². The molecule has 0 radical (unpaired) electrons. The quantitative estimate of drug-likeness (QED) is 0.917. The van der Waals surface area contributed by atoms with Crippen molar-refractivity contribution in [1.82, 2.24) is 4.72 Å². The standard InChI is InChI=1S/C16H19NO2S2/c1-12-10-15(13(2)20-12)21(18,19)17-11-16(8-9-16)14-6-4-3-5-7-14/h3-7,10,17H,8-9,11H2,1-2H3. The Balaban J connectivity index is 1.77. The van der Waals surface area contributed by atoms with Crippen LogP contribution in [0.5, 0.6) is 0 Å². The lowest BCUT2D eigenvalue weighted by Gasteiger charge is -2.16. The zero-order valence-electron chi connectivity index (χ0n) is 12.2. The summed E-state index contributed by atoms with van der Waals surface area (Å²) < 4.78 is 27.7. The molecule has 1 N–H and O–H groups in total. The number of rotatable bonds is 5. The highest BCUT2D eigenvalue weighted by atomic mass is 32.2. The van der Waals surface area contributed by atoms with Crippen molar-refractivity contribution < 1.29 is 8.42 Å². The van der Waals surface area contributed by atoms with Crippen LogP contribution < -0.4 is 4.72 Å². The molecule has 0 spiro atoms. The van der Waals surface area contributed by atoms with E-state index in [9.17, 15) is 8.42 Å². The zero-order chi connectivity index (χ0) is 15.1. The third kappa shape index (κ3) is 2.91. The molecule has 1 aromatic heterocycles. The molecule has 0 atom stereocenters. The van der Waals surface area contributed by atoms with Crippen molar-refractivity contribution in [2.45, 2.75) is 37.0 Å². The first-order valence-electron chi connectivity index (χ1n) is 7.05. The Kier molecular flexibility index (Phi) is 3.67. The van der Waals surface area contributed by atoms with Crippen molar-refractivity contribution in [3.8, 4) is 0 Å². The van der Waals surface area contributed by atoms with Crippen molar-refractivity contribution in [3.05, 3.63) is 51.7 Å². The summed E-state index contributed by atoms with van der Waals surface area (Å²) in [6.45, 7) is 4.27. The molecule has 1 aliphatic rings. The fourth-order valence-corrected chi connectivity index (χ4v) is 5.38. The Morgan fingerprint density at radius 1 is 1.19 bits per heavy atom. The second-order valence-electron chi connectivity index (χ2n) is 5.75. The van der Waals surface area contributed by atoms with Crippen molar-refractivity contribution in [2.24, 2.45) is 0 Å². The maximum atomic E-state index is 12.5. The molecule has 5 heteroatoms. The number of benzene rings is 1. The molecule has 0 aliphatic heterocycles. The summed E-state index contributed by atoms with van der Waals surface area (Å²) >= 11 is 1.52. The number of sulfonamides is 1. The SMILES string of the molecule is Cc1cc(S(=O)(=O)NCC2(c3ccccc3)CC2)c(C)s1. The molecular weight excluding hydrogens is 302 g/mol. The van der Waals surface area contributed by atoms with Gasteiger partial charge in [0.05, 0.1) is 4.90 Å². The Labute approximate surface area is 130 Å². The zero-order valence-corrected chi connectivity index (χ0v) is 13.9. The maximum absolute atomic E-state index is 12.5. The van der Waals surface area contributed by atoms with Crippen LogP contribution in [0.25, 0.3) is 0 Å². The molecule has 21 heavy (non-hydrogen) atoms. The van der Waals surface area contributed by atoms with Gasteiger partial charge in [-0.25, -0.2) is 13.1 Å². The molecule has 1 saturated carbocycles. The lowest BCUT2D eigenvalue weighted by molar-refractivity contribution is 0.567. The van der Waals surface area contributed by atoms with Crippen LogP contribution in [-0.2, 0) is 15.4 Å². The third-order valence-corrected chi connectivity index (χ3v) is 6.75. The topological polar surface area (TPSA) is 46.2 Å². The van der Waals surface area contributed by atoms with Crippen molar-refractivity contribution in [2.75, 3.05) is 6.54 Å². The van der Waals surface area contributed by atoms with Gasteiger partial charge in [-0.3, -0.25) is 0 Å². The van der Waals surface area contributed by atoms with E-state index in [1.165, 1.54) is 16.9 Å². The van der Waals surface area contributed by atoms with Gasteiger partial charge in [0, 0.05) is 21.7 Å². The Hall–Kier alpha value is -1.17. The van der Waals surface area contributed by atoms with E-state index in [1.54, 1.807) is 6.07 Å². The lowest BCUT2D eigenvalue weighted by Crippen LogP contribution is -2.32. The van der Waals surface area contributed by atoms with Crippen LogP contribution in [-0.4, -0.2) is 15.0 Å². The van der Waals surface area contributed by atoms with Crippen molar-refractivity contribution in [1.29, 1.82) is 0 Å². The first-order valence-corrected chi connectivity index (χ1v) is 9.35. The highest BCUT2D eigenvalue weighted by Gasteiger charge is 2.44. The Bertz CT molecular complexity index is 744. The number of hydrogen-bond donors (Lipinski definition) is 1. The van der Waals surface area contributed by atoms with Gasteiger partial charge in [0.2, 0.25) is 10.0 Å². The molecule has 1 aliphatic carbocycles. The first-order chi connectivity index (χ1) is 9.93. The second-order valence-corrected chi connectivity index (χ2v) is 8.94. The minimum Gasteiger partial charge on any atom is -0.210 e. The minimum atomic E-state index is -3.41. The van der Waals surface area contributed by atoms with Gasteiger partial charge in [-0.15, -0.1) is 11.3 Å². The second kappa shape index (κ2) is 5.23. The van der Waals surface area contributed by atoms with Crippen LogP contribution >= 0.6 is 11.3 Å². The van der Waals surface area contributed by atoms with E-state index in [1.807, 2.05) is 32.0 Å². The molecule has 1 heterocycles. The normalized spacial score (nSPS) is 16.9. The minimum absolute atomic E-state index is 0.00665.